The fourth-order valence-electron chi connectivity index (χ4n) is 1.19. The van der Waals surface area contributed by atoms with E-state index in [9.17, 15) is 4.79 Å². The number of ether oxygens (including phenoxy) is 1. The molecule has 7 heteroatoms. The quantitative estimate of drug-likeness (QED) is 0.645. The van der Waals surface area contributed by atoms with Crippen LogP contribution in [-0.4, -0.2) is 40.8 Å². The van der Waals surface area contributed by atoms with Gasteiger partial charge in [-0.3, -0.25) is 9.89 Å². The van der Waals surface area contributed by atoms with Crippen LogP contribution in [0.4, 0.5) is 5.95 Å². The smallest absolute Gasteiger partial charge is 0.288 e. The molecule has 0 bridgehead atoms. The Morgan fingerprint density at radius 1 is 1.62 bits per heavy atom. The van der Waals surface area contributed by atoms with E-state index in [1.54, 1.807) is 7.11 Å². The van der Waals surface area contributed by atoms with Gasteiger partial charge in [0.15, 0.2) is 0 Å². The van der Waals surface area contributed by atoms with Gasteiger partial charge in [0.05, 0.1) is 12.6 Å². The first-order valence-corrected chi connectivity index (χ1v) is 5.02. The summed E-state index contributed by atoms with van der Waals surface area (Å²) in [4.78, 5) is 15.4. The lowest BCUT2D eigenvalue weighted by Crippen LogP contribution is -2.42. The van der Waals surface area contributed by atoms with Crippen molar-refractivity contribution in [3.63, 3.8) is 0 Å². The Kier molecular flexibility index (Phi) is 4.24. The minimum absolute atomic E-state index is 0.0537. The number of nitrogens with two attached hydrogens (primary N) is 1. The molecule has 0 spiro atoms. The topological polar surface area (TPSA) is 106 Å². The van der Waals surface area contributed by atoms with Crippen molar-refractivity contribution < 1.29 is 9.53 Å². The van der Waals surface area contributed by atoms with Crippen molar-refractivity contribution in [1.29, 1.82) is 0 Å². The van der Waals surface area contributed by atoms with Crippen LogP contribution in [0.3, 0.4) is 0 Å². The van der Waals surface area contributed by atoms with Gasteiger partial charge in [-0.15, -0.1) is 5.10 Å². The molecule has 0 aromatic carbocycles. The van der Waals surface area contributed by atoms with Gasteiger partial charge >= 0.3 is 0 Å². The Bertz CT molecular complexity index is 349. The molecule has 1 atom stereocenters. The third-order valence-electron chi connectivity index (χ3n) is 2.19. The zero-order valence-electron chi connectivity index (χ0n) is 9.65. The lowest BCUT2D eigenvalue weighted by atomic mass is 10.1. The van der Waals surface area contributed by atoms with Crippen LogP contribution in [0.15, 0.2) is 0 Å². The average Bonchev–Trinajstić information content (AvgIpc) is 2.64. The largest absolute Gasteiger partial charge is 0.383 e. The normalized spacial score (nSPS) is 12.8. The van der Waals surface area contributed by atoms with Crippen LogP contribution in [0.1, 0.15) is 24.5 Å². The van der Waals surface area contributed by atoms with Gasteiger partial charge in [-0.05, 0) is 5.92 Å². The predicted molar refractivity (Wildman–Crippen MR) is 58.8 cm³/mol. The Morgan fingerprint density at radius 3 is 2.75 bits per heavy atom. The molecule has 0 aliphatic rings. The molecule has 0 aliphatic carbocycles. The number of hydrogen-bond donors (Lipinski definition) is 3. The summed E-state index contributed by atoms with van der Waals surface area (Å²) in [6.45, 7) is 4.45. The van der Waals surface area contributed by atoms with Gasteiger partial charge in [0.1, 0.15) is 0 Å². The first-order valence-electron chi connectivity index (χ1n) is 5.02. The highest BCUT2D eigenvalue weighted by Crippen LogP contribution is 2.03. The van der Waals surface area contributed by atoms with Crippen LogP contribution in [-0.2, 0) is 4.74 Å². The summed E-state index contributed by atoms with van der Waals surface area (Å²) in [5, 5.41) is 8.83. The van der Waals surface area contributed by atoms with Crippen LogP contribution in [0.5, 0.6) is 0 Å². The molecule has 1 unspecified atom stereocenters. The number of methoxy groups -OCH3 is 1. The number of aromatic amines is 1. The van der Waals surface area contributed by atoms with Crippen molar-refractivity contribution in [3.05, 3.63) is 5.82 Å². The number of H-pyrrole nitrogens is 1. The highest BCUT2D eigenvalue weighted by Gasteiger charge is 2.19. The Morgan fingerprint density at radius 2 is 2.31 bits per heavy atom. The second kappa shape index (κ2) is 5.45. The summed E-state index contributed by atoms with van der Waals surface area (Å²) >= 11 is 0. The van der Waals surface area contributed by atoms with Crippen LogP contribution in [0.2, 0.25) is 0 Å². The summed E-state index contributed by atoms with van der Waals surface area (Å²) in [5.74, 6) is 0.0985. The average molecular weight is 227 g/mol. The molecule has 0 saturated heterocycles. The van der Waals surface area contributed by atoms with E-state index in [-0.39, 0.29) is 29.6 Å². The van der Waals surface area contributed by atoms with Gasteiger partial charge in [-0.25, -0.2) is 0 Å². The second-order valence-electron chi connectivity index (χ2n) is 3.82. The van der Waals surface area contributed by atoms with Crippen molar-refractivity contribution in [3.8, 4) is 0 Å². The fourth-order valence-corrected chi connectivity index (χ4v) is 1.19. The van der Waals surface area contributed by atoms with Crippen LogP contribution >= 0.6 is 0 Å². The van der Waals surface area contributed by atoms with Gasteiger partial charge in [0, 0.05) is 7.11 Å². The maximum Gasteiger partial charge on any atom is 0.288 e. The molecule has 0 aliphatic heterocycles. The monoisotopic (exact) mass is 227 g/mol. The lowest BCUT2D eigenvalue weighted by Gasteiger charge is -2.20. The Balaban J connectivity index is 2.61. The molecule has 7 nitrogen and oxygen atoms in total. The number of hydrogen-bond acceptors (Lipinski definition) is 5. The van der Waals surface area contributed by atoms with Crippen molar-refractivity contribution >= 4 is 11.9 Å². The number of anilines is 1. The highest BCUT2D eigenvalue weighted by atomic mass is 16.5. The number of aromatic nitrogens is 3. The number of amides is 1. The molecular weight excluding hydrogens is 210 g/mol. The van der Waals surface area contributed by atoms with E-state index >= 15 is 0 Å². The number of carbonyl (C=O) groups is 1. The molecular formula is C9H17N5O2. The van der Waals surface area contributed by atoms with E-state index < -0.39 is 0 Å². The van der Waals surface area contributed by atoms with E-state index in [1.165, 1.54) is 0 Å². The lowest BCUT2D eigenvalue weighted by molar-refractivity contribution is 0.0857. The molecule has 1 heterocycles. The van der Waals surface area contributed by atoms with Crippen LogP contribution < -0.4 is 11.1 Å². The van der Waals surface area contributed by atoms with Crippen LogP contribution in [0, 0.1) is 5.92 Å². The third kappa shape index (κ3) is 3.20. The van der Waals surface area contributed by atoms with Crippen molar-refractivity contribution in [1.82, 2.24) is 20.5 Å². The van der Waals surface area contributed by atoms with Crippen LogP contribution in [0.25, 0.3) is 0 Å². The number of carbonyl (C=O) groups excluding carboxylic acids is 1. The maximum absolute atomic E-state index is 11.7. The SMILES string of the molecule is COCC(NC(=O)c1nc(N)n[nH]1)C(C)C. The van der Waals surface area contributed by atoms with Crippen molar-refractivity contribution in [2.45, 2.75) is 19.9 Å². The summed E-state index contributed by atoms with van der Waals surface area (Å²) in [6, 6.07) is -0.0659. The molecule has 1 aromatic heterocycles. The van der Waals surface area contributed by atoms with Gasteiger partial charge in [0.2, 0.25) is 11.8 Å². The van der Waals surface area contributed by atoms with E-state index in [2.05, 4.69) is 20.5 Å². The Labute approximate surface area is 93.8 Å². The van der Waals surface area contributed by atoms with E-state index in [0.717, 1.165) is 0 Å². The predicted octanol–water partition coefficient (Wildman–Crippen LogP) is -0.212. The molecule has 0 radical (unpaired) electrons. The summed E-state index contributed by atoms with van der Waals surface area (Å²) in [6.07, 6.45) is 0. The van der Waals surface area contributed by atoms with Crippen molar-refractivity contribution in [2.75, 3.05) is 19.5 Å². The molecule has 0 fully saturated rings. The molecule has 1 amide bonds. The van der Waals surface area contributed by atoms with Gasteiger partial charge in [-0.2, -0.15) is 4.98 Å². The standard InChI is InChI=1S/C9H17N5O2/c1-5(2)6(4-16-3)11-8(15)7-12-9(10)14-13-7/h5-6H,4H2,1-3H3,(H,11,15)(H3,10,12,13,14). The zero-order chi connectivity index (χ0) is 12.1. The summed E-state index contributed by atoms with van der Waals surface area (Å²) < 4.78 is 5.02. The number of nitrogens with zero attached hydrogens (tertiary/aromatic N) is 2. The molecule has 0 saturated carbocycles. The minimum Gasteiger partial charge on any atom is -0.383 e. The summed E-state index contributed by atoms with van der Waals surface area (Å²) in [7, 11) is 1.59. The zero-order valence-corrected chi connectivity index (χ0v) is 9.65. The molecule has 1 rings (SSSR count). The molecule has 4 N–H and O–H groups in total. The number of nitrogens with one attached hydrogen (secondary N) is 2. The van der Waals surface area contributed by atoms with E-state index in [4.69, 9.17) is 10.5 Å². The fraction of sp³-hybridized carbons (Fsp3) is 0.667. The van der Waals surface area contributed by atoms with E-state index in [1.807, 2.05) is 13.8 Å². The van der Waals surface area contributed by atoms with Gasteiger partial charge < -0.3 is 15.8 Å². The van der Waals surface area contributed by atoms with Crippen molar-refractivity contribution in [2.24, 2.45) is 5.92 Å². The third-order valence-corrected chi connectivity index (χ3v) is 2.19. The number of nitrogen functional groups attached to an aromatic ring is 1. The van der Waals surface area contributed by atoms with Gasteiger partial charge in [0.25, 0.3) is 5.91 Å². The molecule has 1 aromatic rings. The number of rotatable bonds is 5. The maximum atomic E-state index is 11.7. The van der Waals surface area contributed by atoms with E-state index in [0.29, 0.717) is 6.61 Å². The second-order valence-corrected chi connectivity index (χ2v) is 3.82. The Hall–Kier alpha value is -1.63. The first-order chi connectivity index (χ1) is 7.54. The van der Waals surface area contributed by atoms with Gasteiger partial charge in [-0.1, -0.05) is 13.8 Å². The summed E-state index contributed by atoms with van der Waals surface area (Å²) in [5.41, 5.74) is 5.31. The first kappa shape index (κ1) is 12.4. The highest BCUT2D eigenvalue weighted by molar-refractivity contribution is 5.90. The molecule has 90 valence electrons. The molecule has 16 heavy (non-hydrogen) atoms. The minimum atomic E-state index is -0.333.